The summed E-state index contributed by atoms with van der Waals surface area (Å²) in [4.78, 5) is 16.2. The predicted octanol–water partition coefficient (Wildman–Crippen LogP) is 3.47. The largest absolute Gasteiger partial charge is 0.332 e. The fraction of sp³-hybridized carbons (Fsp3) is 0.375. The van der Waals surface area contributed by atoms with E-state index in [9.17, 15) is 4.79 Å². The molecule has 0 spiro atoms. The van der Waals surface area contributed by atoms with E-state index in [2.05, 4.69) is 36.2 Å². The second kappa shape index (κ2) is 5.83. The molecule has 0 saturated carbocycles. The number of Topliss-reactive ketones (excluding diaryl/α,β-unsaturated/α-hetero) is 1. The third-order valence-corrected chi connectivity index (χ3v) is 3.43. The van der Waals surface area contributed by atoms with Crippen molar-refractivity contribution in [1.29, 1.82) is 0 Å². The van der Waals surface area contributed by atoms with Crippen LogP contribution in [-0.4, -0.2) is 15.3 Å². The molecule has 1 unspecified atom stereocenters. The van der Waals surface area contributed by atoms with Crippen molar-refractivity contribution < 1.29 is 4.79 Å². The van der Waals surface area contributed by atoms with E-state index < -0.39 is 0 Å². The van der Waals surface area contributed by atoms with Crippen molar-refractivity contribution in [1.82, 2.24) is 9.55 Å². The molecule has 0 amide bonds. The van der Waals surface area contributed by atoms with Crippen molar-refractivity contribution in [3.05, 3.63) is 53.6 Å². The number of imidazole rings is 1. The number of ketones is 1. The molecule has 100 valence electrons. The van der Waals surface area contributed by atoms with Crippen molar-refractivity contribution in [3.63, 3.8) is 0 Å². The number of rotatable bonds is 5. The monoisotopic (exact) mass is 256 g/mol. The van der Waals surface area contributed by atoms with Crippen LogP contribution in [-0.2, 0) is 6.54 Å². The second-order valence-corrected chi connectivity index (χ2v) is 5.09. The van der Waals surface area contributed by atoms with Gasteiger partial charge in [-0.15, -0.1) is 0 Å². The minimum Gasteiger partial charge on any atom is -0.332 e. The van der Waals surface area contributed by atoms with Crippen LogP contribution in [0.4, 0.5) is 0 Å². The molecule has 3 heteroatoms. The summed E-state index contributed by atoms with van der Waals surface area (Å²) in [6.45, 7) is 6.79. The summed E-state index contributed by atoms with van der Waals surface area (Å²) in [7, 11) is 0. The quantitative estimate of drug-likeness (QED) is 0.768. The number of carbonyl (C=O) groups excluding carboxylic acids is 1. The standard InChI is InChI=1S/C16H20N2O/c1-4-13(3)16(19)15-10-18(11-17-15)9-14-7-5-12(2)6-8-14/h5-8,10-11,13H,4,9H2,1-3H3. The molecule has 0 saturated heterocycles. The third-order valence-electron chi connectivity index (χ3n) is 3.43. The van der Waals surface area contributed by atoms with E-state index in [-0.39, 0.29) is 11.7 Å². The number of hydrogen-bond acceptors (Lipinski definition) is 2. The predicted molar refractivity (Wildman–Crippen MR) is 76.3 cm³/mol. The smallest absolute Gasteiger partial charge is 0.185 e. The minimum atomic E-state index is 0.0442. The topological polar surface area (TPSA) is 34.9 Å². The number of aromatic nitrogens is 2. The van der Waals surface area contributed by atoms with Crippen LogP contribution in [0.25, 0.3) is 0 Å². The lowest BCUT2D eigenvalue weighted by Gasteiger charge is -2.04. The van der Waals surface area contributed by atoms with Crippen molar-refractivity contribution >= 4 is 5.78 Å². The molecule has 1 atom stereocenters. The summed E-state index contributed by atoms with van der Waals surface area (Å²) in [6.07, 6.45) is 4.42. The molecule has 2 aromatic rings. The molecular weight excluding hydrogens is 236 g/mol. The molecular formula is C16H20N2O. The Kier molecular flexibility index (Phi) is 4.15. The van der Waals surface area contributed by atoms with E-state index >= 15 is 0 Å². The van der Waals surface area contributed by atoms with E-state index in [0.717, 1.165) is 13.0 Å². The summed E-state index contributed by atoms with van der Waals surface area (Å²) < 4.78 is 1.96. The van der Waals surface area contributed by atoms with Crippen LogP contribution in [0, 0.1) is 12.8 Å². The van der Waals surface area contributed by atoms with Gasteiger partial charge in [0.25, 0.3) is 0 Å². The summed E-state index contributed by atoms with van der Waals surface area (Å²) in [5.41, 5.74) is 3.04. The number of hydrogen-bond donors (Lipinski definition) is 0. The first-order valence-electron chi connectivity index (χ1n) is 6.71. The van der Waals surface area contributed by atoms with Crippen LogP contribution >= 0.6 is 0 Å². The third kappa shape index (κ3) is 3.31. The Morgan fingerprint density at radius 1 is 1.32 bits per heavy atom. The minimum absolute atomic E-state index is 0.0442. The molecule has 1 aromatic heterocycles. The molecule has 1 heterocycles. The van der Waals surface area contributed by atoms with Gasteiger partial charge < -0.3 is 4.57 Å². The Morgan fingerprint density at radius 2 is 2.00 bits per heavy atom. The fourth-order valence-electron chi connectivity index (χ4n) is 1.92. The van der Waals surface area contributed by atoms with Gasteiger partial charge in [0.15, 0.2) is 5.78 Å². The highest BCUT2D eigenvalue weighted by Crippen LogP contribution is 2.11. The van der Waals surface area contributed by atoms with Gasteiger partial charge in [-0.1, -0.05) is 43.7 Å². The van der Waals surface area contributed by atoms with Crippen molar-refractivity contribution in [2.45, 2.75) is 33.7 Å². The average molecular weight is 256 g/mol. The molecule has 0 radical (unpaired) electrons. The highest BCUT2D eigenvalue weighted by atomic mass is 16.1. The second-order valence-electron chi connectivity index (χ2n) is 5.09. The molecule has 0 aliphatic heterocycles. The van der Waals surface area contributed by atoms with Gasteiger partial charge in [-0.3, -0.25) is 4.79 Å². The zero-order valence-electron chi connectivity index (χ0n) is 11.8. The Bertz CT molecular complexity index is 554. The normalized spacial score (nSPS) is 12.4. The SMILES string of the molecule is CCC(C)C(=O)c1cn(Cc2ccc(C)cc2)cn1. The van der Waals surface area contributed by atoms with E-state index in [1.807, 2.05) is 24.6 Å². The number of carbonyl (C=O) groups is 1. The highest BCUT2D eigenvalue weighted by molar-refractivity contribution is 5.95. The van der Waals surface area contributed by atoms with Gasteiger partial charge >= 0.3 is 0 Å². The summed E-state index contributed by atoms with van der Waals surface area (Å²) >= 11 is 0. The van der Waals surface area contributed by atoms with E-state index in [0.29, 0.717) is 5.69 Å². The molecule has 0 aliphatic rings. The molecule has 1 aromatic carbocycles. The maximum absolute atomic E-state index is 12.0. The molecule has 0 fully saturated rings. The van der Waals surface area contributed by atoms with Crippen LogP contribution in [0.5, 0.6) is 0 Å². The van der Waals surface area contributed by atoms with Crippen molar-refractivity contribution in [2.75, 3.05) is 0 Å². The summed E-state index contributed by atoms with van der Waals surface area (Å²) in [5.74, 6) is 0.174. The first kappa shape index (κ1) is 13.5. The first-order chi connectivity index (χ1) is 9.10. The lowest BCUT2D eigenvalue weighted by Crippen LogP contribution is -2.10. The summed E-state index contributed by atoms with van der Waals surface area (Å²) in [5, 5.41) is 0. The van der Waals surface area contributed by atoms with Gasteiger partial charge in [-0.05, 0) is 18.9 Å². The van der Waals surface area contributed by atoms with Crippen LogP contribution in [0.1, 0.15) is 41.9 Å². The van der Waals surface area contributed by atoms with Gasteiger partial charge in [-0.2, -0.15) is 0 Å². The number of nitrogens with zero attached hydrogens (tertiary/aromatic N) is 2. The lowest BCUT2D eigenvalue weighted by atomic mass is 10.0. The molecule has 2 rings (SSSR count). The Hall–Kier alpha value is -1.90. The van der Waals surface area contributed by atoms with Gasteiger partial charge in [0, 0.05) is 18.7 Å². The van der Waals surface area contributed by atoms with Crippen LogP contribution in [0.3, 0.4) is 0 Å². The van der Waals surface area contributed by atoms with E-state index in [1.54, 1.807) is 6.33 Å². The fourth-order valence-corrected chi connectivity index (χ4v) is 1.92. The average Bonchev–Trinajstić information content (AvgIpc) is 2.88. The van der Waals surface area contributed by atoms with Crippen molar-refractivity contribution in [3.8, 4) is 0 Å². The molecule has 0 aliphatic carbocycles. The Morgan fingerprint density at radius 3 is 2.63 bits per heavy atom. The maximum atomic E-state index is 12.0. The van der Waals surface area contributed by atoms with Crippen LogP contribution < -0.4 is 0 Å². The Balaban J connectivity index is 2.09. The zero-order chi connectivity index (χ0) is 13.8. The Labute approximate surface area is 114 Å². The van der Waals surface area contributed by atoms with Gasteiger partial charge in [0.1, 0.15) is 5.69 Å². The number of benzene rings is 1. The van der Waals surface area contributed by atoms with Crippen LogP contribution in [0.2, 0.25) is 0 Å². The first-order valence-corrected chi connectivity index (χ1v) is 6.71. The molecule has 0 N–H and O–H groups in total. The van der Waals surface area contributed by atoms with Gasteiger partial charge in [0.2, 0.25) is 0 Å². The zero-order valence-corrected chi connectivity index (χ0v) is 11.8. The van der Waals surface area contributed by atoms with Gasteiger partial charge in [-0.25, -0.2) is 4.98 Å². The maximum Gasteiger partial charge on any atom is 0.185 e. The van der Waals surface area contributed by atoms with Crippen LogP contribution in [0.15, 0.2) is 36.8 Å². The summed E-state index contributed by atoms with van der Waals surface area (Å²) in [6, 6.07) is 8.39. The van der Waals surface area contributed by atoms with Crippen molar-refractivity contribution in [2.24, 2.45) is 5.92 Å². The number of aryl methyl sites for hydroxylation is 1. The molecule has 3 nitrogen and oxygen atoms in total. The molecule has 0 bridgehead atoms. The van der Waals surface area contributed by atoms with Gasteiger partial charge in [0.05, 0.1) is 6.33 Å². The lowest BCUT2D eigenvalue weighted by molar-refractivity contribution is 0.0922. The highest BCUT2D eigenvalue weighted by Gasteiger charge is 2.15. The van der Waals surface area contributed by atoms with E-state index in [1.165, 1.54) is 11.1 Å². The molecule has 19 heavy (non-hydrogen) atoms. The van der Waals surface area contributed by atoms with E-state index in [4.69, 9.17) is 0 Å².